The molecule has 6 heteroatoms. The van der Waals surface area contributed by atoms with Gasteiger partial charge in [0.1, 0.15) is 11.7 Å². The Morgan fingerprint density at radius 2 is 1.62 bits per heavy atom. The Labute approximate surface area is 141 Å². The molecule has 24 heavy (non-hydrogen) atoms. The molecule has 1 aromatic rings. The van der Waals surface area contributed by atoms with Crippen LogP contribution in [0.2, 0.25) is 0 Å². The first-order valence-electron chi connectivity index (χ1n) is 7.50. The second-order valence-corrected chi connectivity index (χ2v) is 5.50. The first-order valence-corrected chi connectivity index (χ1v) is 7.50. The molecule has 0 N–H and O–H groups in total. The van der Waals surface area contributed by atoms with Crippen molar-refractivity contribution >= 4 is 17.7 Å². The Morgan fingerprint density at radius 1 is 1.00 bits per heavy atom. The fourth-order valence-electron chi connectivity index (χ4n) is 3.02. The number of rotatable bonds is 4. The molecule has 6 nitrogen and oxygen atoms in total. The van der Waals surface area contributed by atoms with Crippen LogP contribution in [0.3, 0.4) is 0 Å². The molecule has 0 saturated heterocycles. The van der Waals surface area contributed by atoms with Crippen LogP contribution in [0, 0.1) is 5.92 Å². The first kappa shape index (κ1) is 17.7. The number of benzene rings is 1. The van der Waals surface area contributed by atoms with E-state index in [1.165, 1.54) is 14.2 Å². The Hall–Kier alpha value is -2.63. The monoisotopic (exact) mass is 331 g/mol. The van der Waals surface area contributed by atoms with E-state index in [9.17, 15) is 9.59 Å². The van der Waals surface area contributed by atoms with Crippen LogP contribution in [0.1, 0.15) is 25.3 Å². The topological polar surface area (TPSA) is 74.2 Å². The molecule has 1 heterocycles. The van der Waals surface area contributed by atoms with Crippen LogP contribution in [-0.2, 0) is 19.1 Å². The number of ether oxygens (including phenoxy) is 3. The maximum atomic E-state index is 12.3. The molecule has 1 unspecified atom stereocenters. The van der Waals surface area contributed by atoms with Crippen LogP contribution in [0.4, 0.5) is 0 Å². The number of carbonyl (C=O) groups is 2. The third-order valence-electron chi connectivity index (χ3n) is 4.16. The van der Waals surface area contributed by atoms with Gasteiger partial charge in [-0.2, -0.15) is 0 Å². The van der Waals surface area contributed by atoms with E-state index in [1.54, 1.807) is 33.1 Å². The summed E-state index contributed by atoms with van der Waals surface area (Å²) in [4.78, 5) is 29.0. The van der Waals surface area contributed by atoms with Crippen molar-refractivity contribution in [2.24, 2.45) is 10.9 Å². The first-order chi connectivity index (χ1) is 11.4. The van der Waals surface area contributed by atoms with Gasteiger partial charge in [0.05, 0.1) is 26.9 Å². The second-order valence-electron chi connectivity index (χ2n) is 5.50. The smallest absolute Gasteiger partial charge is 0.336 e. The van der Waals surface area contributed by atoms with Crippen molar-refractivity contribution in [1.29, 1.82) is 0 Å². The minimum atomic E-state index is -0.679. The molecular weight excluding hydrogens is 310 g/mol. The van der Waals surface area contributed by atoms with Crippen LogP contribution in [0.5, 0.6) is 5.75 Å². The summed E-state index contributed by atoms with van der Waals surface area (Å²) in [6.45, 7) is 3.50. The van der Waals surface area contributed by atoms with Gasteiger partial charge in [0.2, 0.25) is 0 Å². The molecular formula is C18H21NO5. The minimum Gasteiger partial charge on any atom is -0.497 e. The zero-order valence-electron chi connectivity index (χ0n) is 14.5. The van der Waals surface area contributed by atoms with Crippen LogP contribution in [-0.4, -0.2) is 39.0 Å². The molecule has 0 aromatic heterocycles. The average molecular weight is 331 g/mol. The molecule has 0 radical (unpaired) electrons. The van der Waals surface area contributed by atoms with E-state index in [0.29, 0.717) is 22.7 Å². The van der Waals surface area contributed by atoms with Crippen LogP contribution < -0.4 is 4.74 Å². The number of hydrogen-bond acceptors (Lipinski definition) is 6. The zero-order valence-corrected chi connectivity index (χ0v) is 14.5. The molecule has 0 saturated carbocycles. The summed E-state index contributed by atoms with van der Waals surface area (Å²) in [7, 11) is 4.21. The summed E-state index contributed by atoms with van der Waals surface area (Å²) in [5.74, 6) is -1.45. The van der Waals surface area contributed by atoms with E-state index >= 15 is 0 Å². The fraction of sp³-hybridized carbons (Fsp3) is 0.389. The third-order valence-corrected chi connectivity index (χ3v) is 4.16. The van der Waals surface area contributed by atoms with Gasteiger partial charge in [-0.1, -0.05) is 12.1 Å². The van der Waals surface area contributed by atoms with E-state index in [0.717, 1.165) is 5.56 Å². The highest BCUT2D eigenvalue weighted by Gasteiger charge is 2.41. The molecule has 2 atom stereocenters. The summed E-state index contributed by atoms with van der Waals surface area (Å²) in [5.41, 5.74) is 2.30. The van der Waals surface area contributed by atoms with Gasteiger partial charge in [0, 0.05) is 17.3 Å². The molecule has 0 aliphatic carbocycles. The van der Waals surface area contributed by atoms with Gasteiger partial charge < -0.3 is 14.2 Å². The number of allylic oxidation sites excluding steroid dienone is 1. The van der Waals surface area contributed by atoms with Gasteiger partial charge >= 0.3 is 11.9 Å². The Kier molecular flexibility index (Phi) is 5.39. The fourth-order valence-corrected chi connectivity index (χ4v) is 3.02. The standard InChI is InChI=1S/C18H21NO5/c1-10-14(17(20)23-4)16(12-6-8-13(22-3)9-7-12)15(11(2)19-10)18(21)24-5/h6-9,14,16H,1-5H3/t14?,16-/m0/s1. The maximum Gasteiger partial charge on any atom is 0.336 e. The van der Waals surface area contributed by atoms with Crippen LogP contribution in [0.15, 0.2) is 40.5 Å². The van der Waals surface area contributed by atoms with Crippen molar-refractivity contribution < 1.29 is 23.8 Å². The number of aliphatic imine (C=N–C) groups is 1. The number of carbonyl (C=O) groups excluding carboxylic acids is 2. The van der Waals surface area contributed by atoms with E-state index in [1.807, 2.05) is 12.1 Å². The van der Waals surface area contributed by atoms with Crippen molar-refractivity contribution in [3.05, 3.63) is 41.1 Å². The molecule has 128 valence electrons. The van der Waals surface area contributed by atoms with Gasteiger partial charge in [-0.05, 0) is 31.5 Å². The van der Waals surface area contributed by atoms with Crippen molar-refractivity contribution in [3.63, 3.8) is 0 Å². The molecule has 0 bridgehead atoms. The van der Waals surface area contributed by atoms with Crippen LogP contribution in [0.25, 0.3) is 0 Å². The van der Waals surface area contributed by atoms with Crippen LogP contribution >= 0.6 is 0 Å². The lowest BCUT2D eigenvalue weighted by molar-refractivity contribution is -0.143. The SMILES string of the molecule is COC(=O)C1=C(C)N=C(C)C(C(=O)OC)[C@@H]1c1ccc(OC)cc1. The lowest BCUT2D eigenvalue weighted by atomic mass is 9.75. The van der Waals surface area contributed by atoms with Gasteiger partial charge in [0.25, 0.3) is 0 Å². The molecule has 0 fully saturated rings. The van der Waals surface area contributed by atoms with Crippen molar-refractivity contribution in [3.8, 4) is 5.75 Å². The highest BCUT2D eigenvalue weighted by Crippen LogP contribution is 2.40. The molecule has 0 amide bonds. The maximum absolute atomic E-state index is 12.3. The molecule has 0 spiro atoms. The predicted molar refractivity (Wildman–Crippen MR) is 89.1 cm³/mol. The lowest BCUT2D eigenvalue weighted by Gasteiger charge is -2.31. The largest absolute Gasteiger partial charge is 0.497 e. The quantitative estimate of drug-likeness (QED) is 0.793. The third kappa shape index (κ3) is 3.18. The molecule has 1 aliphatic heterocycles. The highest BCUT2D eigenvalue weighted by atomic mass is 16.5. The highest BCUT2D eigenvalue weighted by molar-refractivity contribution is 6.06. The summed E-state index contributed by atoms with van der Waals surface area (Å²) < 4.78 is 15.0. The summed E-state index contributed by atoms with van der Waals surface area (Å²) in [6.07, 6.45) is 0. The summed E-state index contributed by atoms with van der Waals surface area (Å²) in [6, 6.07) is 7.23. The van der Waals surface area contributed by atoms with E-state index < -0.39 is 23.8 Å². The normalized spacial score (nSPS) is 20.3. The van der Waals surface area contributed by atoms with Crippen molar-refractivity contribution in [2.45, 2.75) is 19.8 Å². The number of hydrogen-bond donors (Lipinski definition) is 0. The Bertz CT molecular complexity index is 703. The Morgan fingerprint density at radius 3 is 2.12 bits per heavy atom. The molecule has 1 aliphatic rings. The van der Waals surface area contributed by atoms with E-state index in [-0.39, 0.29) is 0 Å². The number of esters is 2. The van der Waals surface area contributed by atoms with Gasteiger partial charge in [0.15, 0.2) is 0 Å². The molecule has 2 rings (SSSR count). The van der Waals surface area contributed by atoms with Gasteiger partial charge in [-0.25, -0.2) is 4.79 Å². The predicted octanol–water partition coefficient (Wildman–Crippen LogP) is 2.49. The summed E-state index contributed by atoms with van der Waals surface area (Å²) in [5, 5.41) is 0. The van der Waals surface area contributed by atoms with E-state index in [2.05, 4.69) is 4.99 Å². The van der Waals surface area contributed by atoms with Crippen molar-refractivity contribution in [2.75, 3.05) is 21.3 Å². The van der Waals surface area contributed by atoms with Crippen molar-refractivity contribution in [1.82, 2.24) is 0 Å². The molecule has 1 aromatic carbocycles. The van der Waals surface area contributed by atoms with E-state index in [4.69, 9.17) is 14.2 Å². The van der Waals surface area contributed by atoms with Gasteiger partial charge in [-0.15, -0.1) is 0 Å². The Balaban J connectivity index is 2.62. The summed E-state index contributed by atoms with van der Waals surface area (Å²) >= 11 is 0. The van der Waals surface area contributed by atoms with Gasteiger partial charge in [-0.3, -0.25) is 9.79 Å². The number of methoxy groups -OCH3 is 3. The lowest BCUT2D eigenvalue weighted by Crippen LogP contribution is -2.36. The number of nitrogens with zero attached hydrogens (tertiary/aromatic N) is 1. The average Bonchev–Trinajstić information content (AvgIpc) is 2.60. The zero-order chi connectivity index (χ0) is 17.9. The minimum absolute atomic E-state index is 0.365. The second kappa shape index (κ2) is 7.29.